The first-order valence-corrected chi connectivity index (χ1v) is 8.12. The molecular weight excluding hydrogens is 382 g/mol. The van der Waals surface area contributed by atoms with E-state index in [0.717, 1.165) is 12.1 Å². The highest BCUT2D eigenvalue weighted by Gasteiger charge is 2.34. The van der Waals surface area contributed by atoms with E-state index in [2.05, 4.69) is 10.1 Å². The van der Waals surface area contributed by atoms with Crippen LogP contribution in [0, 0.1) is 5.82 Å². The second-order valence-corrected chi connectivity index (χ2v) is 5.78. The Morgan fingerprint density at radius 1 is 1.11 bits per heavy atom. The number of nitrogens with one attached hydrogen (secondary N) is 1. The summed E-state index contributed by atoms with van der Waals surface area (Å²) in [5.74, 6) is -2.62. The monoisotopic (exact) mass is 399 g/mol. The molecule has 0 radical (unpaired) electrons. The van der Waals surface area contributed by atoms with Crippen LogP contribution in [0.3, 0.4) is 0 Å². The topological polar surface area (TPSA) is 64.6 Å². The number of benzene rings is 2. The van der Waals surface area contributed by atoms with Crippen molar-refractivity contribution in [1.82, 2.24) is 0 Å². The molecular formula is C19H17F4NO4. The number of alkyl halides is 3. The Morgan fingerprint density at radius 3 is 2.43 bits per heavy atom. The predicted molar refractivity (Wildman–Crippen MR) is 92.7 cm³/mol. The molecule has 0 unspecified atom stereocenters. The van der Waals surface area contributed by atoms with E-state index in [9.17, 15) is 27.2 Å². The largest absolute Gasteiger partial charge is 0.465 e. The van der Waals surface area contributed by atoms with Gasteiger partial charge in [0.1, 0.15) is 17.1 Å². The minimum Gasteiger partial charge on any atom is -0.465 e. The van der Waals surface area contributed by atoms with Crippen LogP contribution < -0.4 is 10.1 Å². The minimum absolute atomic E-state index is 0.0174. The third-order valence-corrected chi connectivity index (χ3v) is 3.72. The second kappa shape index (κ2) is 8.73. The first-order valence-electron chi connectivity index (χ1n) is 8.12. The van der Waals surface area contributed by atoms with Gasteiger partial charge in [0.15, 0.2) is 0 Å². The van der Waals surface area contributed by atoms with E-state index in [4.69, 9.17) is 4.74 Å². The van der Waals surface area contributed by atoms with Gasteiger partial charge in [0, 0.05) is 19.2 Å². The molecule has 9 heteroatoms. The SMILES string of the molecule is COC(=O)c1cc(NCCc2ccc(F)c(C(F)(F)F)c2)ccc1OC(C)=O. The van der Waals surface area contributed by atoms with Crippen molar-refractivity contribution in [3.63, 3.8) is 0 Å². The Morgan fingerprint density at radius 2 is 1.82 bits per heavy atom. The summed E-state index contributed by atoms with van der Waals surface area (Å²) in [5.41, 5.74) is -0.534. The van der Waals surface area contributed by atoms with E-state index in [-0.39, 0.29) is 24.3 Å². The van der Waals surface area contributed by atoms with Gasteiger partial charge in [0.2, 0.25) is 0 Å². The summed E-state index contributed by atoms with van der Waals surface area (Å²) in [7, 11) is 1.17. The Balaban J connectivity index is 2.11. The van der Waals surface area contributed by atoms with Crippen molar-refractivity contribution < 1.29 is 36.6 Å². The van der Waals surface area contributed by atoms with Gasteiger partial charge in [-0.25, -0.2) is 9.18 Å². The molecule has 0 aromatic heterocycles. The number of carbonyl (C=O) groups is 2. The standard InChI is InChI=1S/C19H17F4NO4/c1-11(25)28-17-6-4-13(10-14(17)18(26)27-2)24-8-7-12-3-5-16(20)15(9-12)19(21,22)23/h3-6,9-10,24H,7-8H2,1-2H3. The minimum atomic E-state index is -4.77. The van der Waals surface area contributed by atoms with Crippen molar-refractivity contribution in [3.05, 3.63) is 58.9 Å². The van der Waals surface area contributed by atoms with E-state index in [0.29, 0.717) is 11.3 Å². The third-order valence-electron chi connectivity index (χ3n) is 3.72. The first kappa shape index (κ1) is 21.2. The van der Waals surface area contributed by atoms with Gasteiger partial charge in [0.25, 0.3) is 0 Å². The summed E-state index contributed by atoms with van der Waals surface area (Å²) >= 11 is 0. The molecule has 0 saturated carbocycles. The van der Waals surface area contributed by atoms with Gasteiger partial charge < -0.3 is 14.8 Å². The molecule has 0 heterocycles. The van der Waals surface area contributed by atoms with E-state index in [1.54, 1.807) is 0 Å². The lowest BCUT2D eigenvalue weighted by molar-refractivity contribution is -0.140. The predicted octanol–water partition coefficient (Wildman–Crippen LogP) is 4.21. The molecule has 2 aromatic rings. The Labute approximate surface area is 158 Å². The smallest absolute Gasteiger partial charge is 0.419 e. The molecule has 0 aliphatic carbocycles. The molecule has 0 aliphatic heterocycles. The van der Waals surface area contributed by atoms with Crippen LogP contribution in [0.25, 0.3) is 0 Å². The maximum absolute atomic E-state index is 13.3. The number of halogens is 4. The van der Waals surface area contributed by atoms with E-state index >= 15 is 0 Å². The van der Waals surface area contributed by atoms with Crippen molar-refractivity contribution in [2.75, 3.05) is 19.0 Å². The lowest BCUT2D eigenvalue weighted by atomic mass is 10.1. The third kappa shape index (κ3) is 5.45. The van der Waals surface area contributed by atoms with Crippen LogP contribution in [0.1, 0.15) is 28.4 Å². The lowest BCUT2D eigenvalue weighted by Crippen LogP contribution is -2.12. The van der Waals surface area contributed by atoms with Gasteiger partial charge in [-0.2, -0.15) is 13.2 Å². The first-order chi connectivity index (χ1) is 13.1. The van der Waals surface area contributed by atoms with Crippen molar-refractivity contribution in [2.45, 2.75) is 19.5 Å². The fourth-order valence-corrected chi connectivity index (χ4v) is 2.45. The van der Waals surface area contributed by atoms with E-state index < -0.39 is 29.5 Å². The number of anilines is 1. The molecule has 0 atom stereocenters. The molecule has 0 fully saturated rings. The van der Waals surface area contributed by atoms with E-state index in [1.807, 2.05) is 0 Å². The number of carbonyl (C=O) groups excluding carboxylic acids is 2. The highest BCUT2D eigenvalue weighted by molar-refractivity contribution is 5.94. The summed E-state index contributed by atoms with van der Waals surface area (Å²) in [5, 5.41) is 2.94. The van der Waals surface area contributed by atoms with Crippen molar-refractivity contribution in [2.24, 2.45) is 0 Å². The average Bonchev–Trinajstić information content (AvgIpc) is 2.62. The van der Waals surface area contributed by atoms with Gasteiger partial charge in [-0.05, 0) is 42.3 Å². The molecule has 1 N–H and O–H groups in total. The number of methoxy groups -OCH3 is 1. The Bertz CT molecular complexity index is 881. The number of hydrogen-bond donors (Lipinski definition) is 1. The molecule has 0 spiro atoms. The van der Waals surface area contributed by atoms with Crippen LogP contribution in [-0.4, -0.2) is 25.6 Å². The summed E-state index contributed by atoms with van der Waals surface area (Å²) in [6.07, 6.45) is -4.59. The van der Waals surface area contributed by atoms with E-state index in [1.165, 1.54) is 38.3 Å². The molecule has 5 nitrogen and oxygen atoms in total. The maximum atomic E-state index is 13.3. The normalized spacial score (nSPS) is 11.1. The molecule has 2 rings (SSSR count). The molecule has 0 bridgehead atoms. The summed E-state index contributed by atoms with van der Waals surface area (Å²) in [6.45, 7) is 1.40. The van der Waals surface area contributed by atoms with Crippen LogP contribution in [-0.2, 0) is 22.1 Å². The number of esters is 2. The van der Waals surface area contributed by atoms with Crippen LogP contribution in [0.2, 0.25) is 0 Å². The molecule has 0 aliphatic rings. The Hall–Kier alpha value is -3.10. The van der Waals surface area contributed by atoms with Crippen molar-refractivity contribution in [1.29, 1.82) is 0 Å². The van der Waals surface area contributed by atoms with Gasteiger partial charge >= 0.3 is 18.1 Å². The van der Waals surface area contributed by atoms with Crippen LogP contribution in [0.4, 0.5) is 23.2 Å². The molecule has 150 valence electrons. The zero-order chi connectivity index (χ0) is 20.9. The quantitative estimate of drug-likeness (QED) is 0.448. The summed E-state index contributed by atoms with van der Waals surface area (Å²) in [6, 6.07) is 7.15. The van der Waals surface area contributed by atoms with Gasteiger partial charge in [-0.15, -0.1) is 0 Å². The maximum Gasteiger partial charge on any atom is 0.419 e. The molecule has 0 saturated heterocycles. The van der Waals surface area contributed by atoms with Crippen LogP contribution in [0.5, 0.6) is 5.75 Å². The molecule has 28 heavy (non-hydrogen) atoms. The zero-order valence-electron chi connectivity index (χ0n) is 15.0. The fraction of sp³-hybridized carbons (Fsp3) is 0.263. The zero-order valence-corrected chi connectivity index (χ0v) is 15.0. The van der Waals surface area contributed by atoms with Crippen molar-refractivity contribution >= 4 is 17.6 Å². The second-order valence-electron chi connectivity index (χ2n) is 5.78. The fourth-order valence-electron chi connectivity index (χ4n) is 2.45. The Kier molecular flexibility index (Phi) is 6.61. The number of rotatable bonds is 6. The van der Waals surface area contributed by atoms with Gasteiger partial charge in [-0.3, -0.25) is 4.79 Å². The van der Waals surface area contributed by atoms with Crippen LogP contribution >= 0.6 is 0 Å². The summed E-state index contributed by atoms with van der Waals surface area (Å²) in [4.78, 5) is 23.0. The number of hydrogen-bond acceptors (Lipinski definition) is 5. The van der Waals surface area contributed by atoms with Crippen LogP contribution in [0.15, 0.2) is 36.4 Å². The molecule has 2 aromatic carbocycles. The molecule has 0 amide bonds. The average molecular weight is 399 g/mol. The van der Waals surface area contributed by atoms with Gasteiger partial charge in [0.05, 0.1) is 12.7 Å². The van der Waals surface area contributed by atoms with Gasteiger partial charge in [-0.1, -0.05) is 6.07 Å². The summed E-state index contributed by atoms with van der Waals surface area (Å²) < 4.78 is 61.2. The highest BCUT2D eigenvalue weighted by atomic mass is 19.4. The highest BCUT2D eigenvalue weighted by Crippen LogP contribution is 2.32. The lowest BCUT2D eigenvalue weighted by Gasteiger charge is -2.12. The van der Waals surface area contributed by atoms with Crippen molar-refractivity contribution in [3.8, 4) is 5.75 Å². The number of ether oxygens (including phenoxy) is 2.